The minimum absolute atomic E-state index is 0.00960. The number of nitro benzene ring substituents is 1. The predicted molar refractivity (Wildman–Crippen MR) is 142 cm³/mol. The Morgan fingerprint density at radius 1 is 0.833 bits per heavy atom. The molecule has 2 fully saturated rings. The zero-order valence-electron chi connectivity index (χ0n) is 22.2. The molecule has 0 bridgehead atoms. The lowest BCUT2D eigenvalue weighted by Crippen LogP contribution is -2.53. The zero-order valence-corrected chi connectivity index (χ0v) is 22.2. The number of likely N-dealkylation sites (N-methyl/N-ethyl adjacent to an activating group) is 1. The van der Waals surface area contributed by atoms with E-state index in [1.807, 2.05) is 0 Å². The van der Waals surface area contributed by atoms with Crippen LogP contribution in [-0.4, -0.2) is 76.2 Å². The lowest BCUT2D eigenvalue weighted by atomic mass is 9.88. The van der Waals surface area contributed by atoms with Gasteiger partial charge in [-0.2, -0.15) is 0 Å². The number of hydrogen-bond donors (Lipinski definition) is 0. The van der Waals surface area contributed by atoms with Gasteiger partial charge < -0.3 is 14.7 Å². The molecule has 1 aromatic carbocycles. The third-order valence-corrected chi connectivity index (χ3v) is 7.99. The van der Waals surface area contributed by atoms with Crippen LogP contribution in [0.4, 0.5) is 5.69 Å². The molecule has 0 unspecified atom stereocenters. The maximum Gasteiger partial charge on any atom is 0.269 e. The Morgan fingerprint density at radius 3 is 1.83 bits per heavy atom. The van der Waals surface area contributed by atoms with E-state index < -0.39 is 4.92 Å². The van der Waals surface area contributed by atoms with Crippen LogP contribution in [0.3, 0.4) is 0 Å². The summed E-state index contributed by atoms with van der Waals surface area (Å²) >= 11 is 0. The number of carbonyl (C=O) groups is 2. The van der Waals surface area contributed by atoms with Gasteiger partial charge in [0.05, 0.1) is 17.9 Å². The van der Waals surface area contributed by atoms with Gasteiger partial charge in [0.1, 0.15) is 0 Å². The van der Waals surface area contributed by atoms with Gasteiger partial charge in [0.2, 0.25) is 11.8 Å². The fraction of sp³-hybridized carbons (Fsp3) is 0.714. The van der Waals surface area contributed by atoms with Crippen LogP contribution in [0.25, 0.3) is 0 Å². The molecule has 2 saturated carbocycles. The van der Waals surface area contributed by atoms with E-state index in [9.17, 15) is 19.7 Å². The van der Waals surface area contributed by atoms with Gasteiger partial charge in [0.25, 0.3) is 5.69 Å². The summed E-state index contributed by atoms with van der Waals surface area (Å²) in [5.41, 5.74) is 0.734. The summed E-state index contributed by atoms with van der Waals surface area (Å²) in [7, 11) is 0. The molecule has 0 saturated heterocycles. The van der Waals surface area contributed by atoms with Crippen LogP contribution >= 0.6 is 0 Å². The van der Waals surface area contributed by atoms with Gasteiger partial charge in [-0.05, 0) is 44.3 Å². The molecule has 0 aromatic heterocycles. The first-order chi connectivity index (χ1) is 17.4. The Bertz CT molecular complexity index is 826. The molecule has 8 heteroatoms. The lowest BCUT2D eigenvalue weighted by Gasteiger charge is -2.42. The molecule has 200 valence electrons. The maximum atomic E-state index is 13.9. The number of amides is 2. The molecule has 2 aliphatic rings. The lowest BCUT2D eigenvalue weighted by molar-refractivity contribution is -0.384. The Kier molecular flexibility index (Phi) is 11.2. The second kappa shape index (κ2) is 14.3. The molecule has 0 N–H and O–H groups in total. The van der Waals surface area contributed by atoms with Crippen molar-refractivity contribution in [3.63, 3.8) is 0 Å². The van der Waals surface area contributed by atoms with Crippen molar-refractivity contribution in [3.05, 3.63) is 39.9 Å². The van der Waals surface area contributed by atoms with E-state index in [0.29, 0.717) is 18.6 Å². The molecule has 3 rings (SSSR count). The van der Waals surface area contributed by atoms with Gasteiger partial charge in [-0.25, -0.2) is 0 Å². The van der Waals surface area contributed by atoms with Crippen molar-refractivity contribution in [1.29, 1.82) is 0 Å². The molecule has 8 nitrogen and oxygen atoms in total. The van der Waals surface area contributed by atoms with E-state index in [-0.39, 0.29) is 30.5 Å². The summed E-state index contributed by atoms with van der Waals surface area (Å²) in [5.74, 6) is -0.0120. The standard InChI is InChI=1S/C28H44N4O4/c1-3-29(4-2)19-20-30(27(33)21-23-15-17-26(18-16-23)32(35)36)22-28(34)31(24-11-7-5-8-12-24)25-13-9-6-10-14-25/h15-18,24-25H,3-14,19-22H2,1-2H3. The Hall–Kier alpha value is -2.48. The summed E-state index contributed by atoms with van der Waals surface area (Å²) in [6.07, 6.45) is 11.6. The van der Waals surface area contributed by atoms with Crippen molar-refractivity contribution >= 4 is 17.5 Å². The van der Waals surface area contributed by atoms with Crippen molar-refractivity contribution in [2.45, 2.75) is 96.6 Å². The van der Waals surface area contributed by atoms with E-state index in [2.05, 4.69) is 23.6 Å². The number of rotatable bonds is 12. The van der Waals surface area contributed by atoms with Crippen LogP contribution in [0.2, 0.25) is 0 Å². The molecule has 2 amide bonds. The molecule has 0 radical (unpaired) electrons. The smallest absolute Gasteiger partial charge is 0.269 e. The fourth-order valence-corrected chi connectivity index (χ4v) is 5.78. The van der Waals surface area contributed by atoms with Gasteiger partial charge in [-0.3, -0.25) is 19.7 Å². The molecular formula is C28H44N4O4. The predicted octanol–water partition coefficient (Wildman–Crippen LogP) is 4.80. The summed E-state index contributed by atoms with van der Waals surface area (Å²) < 4.78 is 0. The van der Waals surface area contributed by atoms with Gasteiger partial charge in [0, 0.05) is 37.3 Å². The number of nitrogens with zero attached hydrogens (tertiary/aromatic N) is 4. The van der Waals surface area contributed by atoms with Gasteiger partial charge in [-0.1, -0.05) is 64.5 Å². The van der Waals surface area contributed by atoms with Crippen LogP contribution in [0, 0.1) is 10.1 Å². The summed E-state index contributed by atoms with van der Waals surface area (Å²) in [4.78, 5) is 44.0. The first-order valence-corrected chi connectivity index (χ1v) is 14.0. The van der Waals surface area contributed by atoms with Crippen molar-refractivity contribution in [2.24, 2.45) is 0 Å². The highest BCUT2D eigenvalue weighted by Gasteiger charge is 2.33. The molecule has 0 spiro atoms. The minimum Gasteiger partial charge on any atom is -0.335 e. The fourth-order valence-electron chi connectivity index (χ4n) is 5.78. The van der Waals surface area contributed by atoms with Gasteiger partial charge >= 0.3 is 0 Å². The quantitative estimate of drug-likeness (QED) is 0.304. The third kappa shape index (κ3) is 8.02. The number of nitro groups is 1. The summed E-state index contributed by atoms with van der Waals surface area (Å²) in [5, 5.41) is 11.0. The first-order valence-electron chi connectivity index (χ1n) is 14.0. The second-order valence-corrected chi connectivity index (χ2v) is 10.3. The van der Waals surface area contributed by atoms with E-state index >= 15 is 0 Å². The van der Waals surface area contributed by atoms with Crippen molar-refractivity contribution in [3.8, 4) is 0 Å². The summed E-state index contributed by atoms with van der Waals surface area (Å²) in [6.45, 7) is 7.33. The molecule has 0 heterocycles. The van der Waals surface area contributed by atoms with Crippen molar-refractivity contribution < 1.29 is 14.5 Å². The maximum absolute atomic E-state index is 13.9. The molecule has 36 heavy (non-hydrogen) atoms. The van der Waals surface area contributed by atoms with Gasteiger partial charge in [0.15, 0.2) is 0 Å². The number of carbonyl (C=O) groups excluding carboxylic acids is 2. The second-order valence-electron chi connectivity index (χ2n) is 10.3. The summed E-state index contributed by atoms with van der Waals surface area (Å²) in [6, 6.07) is 6.73. The monoisotopic (exact) mass is 500 g/mol. The third-order valence-electron chi connectivity index (χ3n) is 7.99. The van der Waals surface area contributed by atoms with Gasteiger partial charge in [-0.15, -0.1) is 0 Å². The van der Waals surface area contributed by atoms with Crippen LogP contribution in [0.15, 0.2) is 24.3 Å². The van der Waals surface area contributed by atoms with Crippen molar-refractivity contribution in [1.82, 2.24) is 14.7 Å². The molecule has 1 aromatic rings. The normalized spacial score (nSPS) is 17.2. The average molecular weight is 501 g/mol. The Balaban J connectivity index is 1.75. The molecule has 0 aliphatic heterocycles. The zero-order chi connectivity index (χ0) is 25.9. The van der Waals surface area contributed by atoms with E-state index in [0.717, 1.165) is 50.9 Å². The van der Waals surface area contributed by atoms with Crippen LogP contribution < -0.4 is 0 Å². The number of hydrogen-bond acceptors (Lipinski definition) is 5. The highest BCUT2D eigenvalue weighted by molar-refractivity contribution is 5.86. The molecule has 2 aliphatic carbocycles. The Morgan fingerprint density at radius 2 is 1.36 bits per heavy atom. The van der Waals surface area contributed by atoms with E-state index in [1.54, 1.807) is 17.0 Å². The highest BCUT2D eigenvalue weighted by atomic mass is 16.6. The molecular weight excluding hydrogens is 456 g/mol. The van der Waals surface area contributed by atoms with Crippen LogP contribution in [-0.2, 0) is 16.0 Å². The average Bonchev–Trinajstić information content (AvgIpc) is 2.90. The Labute approximate surface area is 216 Å². The first kappa shape index (κ1) is 28.1. The number of benzene rings is 1. The minimum atomic E-state index is -0.439. The topological polar surface area (TPSA) is 87.0 Å². The number of non-ortho nitro benzene ring substituents is 1. The van der Waals surface area contributed by atoms with E-state index in [4.69, 9.17) is 0 Å². The van der Waals surface area contributed by atoms with Crippen LogP contribution in [0.5, 0.6) is 0 Å². The SMILES string of the molecule is CCN(CC)CCN(CC(=O)N(C1CCCCC1)C1CCCCC1)C(=O)Cc1ccc([N+](=O)[O-])cc1. The van der Waals surface area contributed by atoms with Crippen molar-refractivity contribution in [2.75, 3.05) is 32.7 Å². The van der Waals surface area contributed by atoms with E-state index in [1.165, 1.54) is 50.7 Å². The largest absolute Gasteiger partial charge is 0.335 e. The highest BCUT2D eigenvalue weighted by Crippen LogP contribution is 2.30. The van der Waals surface area contributed by atoms with Crippen LogP contribution in [0.1, 0.15) is 83.6 Å². The molecule has 0 atom stereocenters.